The first-order valence-corrected chi connectivity index (χ1v) is 29.8. The van der Waals surface area contributed by atoms with Crippen LogP contribution in [0.25, 0.3) is 22.3 Å². The van der Waals surface area contributed by atoms with Gasteiger partial charge in [0.1, 0.15) is 24.4 Å². The molecule has 2 N–H and O–H groups in total. The average molecular weight is 1080 g/mol. The molecule has 16 heteroatoms. The van der Waals surface area contributed by atoms with Crippen molar-refractivity contribution < 1.29 is 65.8 Å². The summed E-state index contributed by atoms with van der Waals surface area (Å²) in [5.41, 5.74) is 8.93. The van der Waals surface area contributed by atoms with Crippen molar-refractivity contribution in [3.8, 4) is 22.3 Å². The fourth-order valence-electron chi connectivity index (χ4n) is 10.5. The van der Waals surface area contributed by atoms with Crippen LogP contribution in [0.1, 0.15) is 93.0 Å². The van der Waals surface area contributed by atoms with Crippen LogP contribution in [0.4, 0.5) is 0 Å². The van der Waals surface area contributed by atoms with Crippen molar-refractivity contribution in [1.82, 2.24) is 0 Å². The number of rotatable bonds is 20. The van der Waals surface area contributed by atoms with Crippen molar-refractivity contribution >= 4 is 15.6 Å². The molecule has 6 aromatic rings. The van der Waals surface area contributed by atoms with Crippen molar-refractivity contribution in [2.45, 2.75) is 97.0 Å². The number of fused-ring (bicyclic) bond motifs is 7. The molecule has 76 heavy (non-hydrogen) atoms. The summed E-state index contributed by atoms with van der Waals surface area (Å²) in [6.45, 7) is 20.3. The number of quaternary nitrogens is 2. The van der Waals surface area contributed by atoms with Crippen molar-refractivity contribution in [2.75, 3.05) is 59.1 Å². The molecule has 406 valence electrons. The van der Waals surface area contributed by atoms with Crippen LogP contribution in [-0.2, 0) is 52.8 Å². The second-order valence-corrected chi connectivity index (χ2v) is 21.9. The largest absolute Gasteiger partial charge is 0.756 e. The molecule has 0 aromatic heterocycles. The van der Waals surface area contributed by atoms with Crippen LogP contribution in [0.5, 0.6) is 0 Å². The van der Waals surface area contributed by atoms with Crippen molar-refractivity contribution in [2.24, 2.45) is 0 Å². The first kappa shape index (κ1) is 57.5. The van der Waals surface area contributed by atoms with Gasteiger partial charge in [-0.3, -0.25) is 9.13 Å². The zero-order valence-electron chi connectivity index (χ0n) is 44.5. The van der Waals surface area contributed by atoms with Crippen molar-refractivity contribution in [3.05, 3.63) is 191 Å². The molecule has 10 rings (SSSR count). The lowest BCUT2D eigenvalue weighted by Crippen LogP contribution is -3.11. The van der Waals surface area contributed by atoms with Gasteiger partial charge in [0, 0.05) is 17.4 Å². The first-order chi connectivity index (χ1) is 36.9. The monoisotopic (exact) mass is 1080 g/mol. The average Bonchev–Trinajstić information content (AvgIpc) is 3.96. The molecule has 0 saturated carbocycles. The van der Waals surface area contributed by atoms with E-state index in [1.807, 2.05) is 146 Å². The normalized spacial score (nSPS) is 22.1. The third-order valence-electron chi connectivity index (χ3n) is 14.8. The van der Waals surface area contributed by atoms with E-state index in [2.05, 4.69) is 41.5 Å². The predicted octanol–water partition coefficient (Wildman–Crippen LogP) is 8.27. The van der Waals surface area contributed by atoms with Crippen LogP contribution >= 0.6 is 15.6 Å². The Hall–Kier alpha value is -4.70. The zero-order chi connectivity index (χ0) is 53.7. The number of ether oxygens (including phenoxy) is 4. The fourth-order valence-corrected chi connectivity index (χ4v) is 12.4. The summed E-state index contributed by atoms with van der Waals surface area (Å²) in [6.07, 6.45) is -8.16. The number of benzene rings is 6. The number of hydrogen-bond donors (Lipinski definition) is 2. The molecule has 2 aliphatic carbocycles. The second kappa shape index (κ2) is 27.3. The highest BCUT2D eigenvalue weighted by Gasteiger charge is 2.54. The molecule has 0 amide bonds. The van der Waals surface area contributed by atoms with Gasteiger partial charge in [-0.25, -0.2) is 0 Å². The third kappa shape index (κ3) is 14.1. The fraction of sp³-hybridized carbons (Fsp3) is 0.400. The molecule has 0 radical (unpaired) electrons. The summed E-state index contributed by atoms with van der Waals surface area (Å²) in [5.74, 6) is -0.850. The summed E-state index contributed by atoms with van der Waals surface area (Å²) in [4.78, 5) is 31.7. The van der Waals surface area contributed by atoms with Gasteiger partial charge in [-0.15, -0.1) is 0 Å². The van der Waals surface area contributed by atoms with E-state index in [1.165, 1.54) is 39.3 Å². The minimum absolute atomic E-state index is 0.0461. The predicted molar refractivity (Wildman–Crippen MR) is 289 cm³/mol. The Kier molecular flexibility index (Phi) is 20.6. The van der Waals surface area contributed by atoms with Gasteiger partial charge in [0.15, 0.2) is 12.6 Å². The Morgan fingerprint density at radius 3 is 1.29 bits per heavy atom. The van der Waals surface area contributed by atoms with E-state index in [1.54, 1.807) is 21.9 Å². The Balaban J connectivity index is 0.000000484. The number of nitrogens with one attached hydrogen (secondary N) is 2. The van der Waals surface area contributed by atoms with E-state index < -0.39 is 64.5 Å². The Labute approximate surface area is 449 Å². The molecule has 2 fully saturated rings. The van der Waals surface area contributed by atoms with Gasteiger partial charge in [0.2, 0.25) is 0 Å². The van der Waals surface area contributed by atoms with Crippen molar-refractivity contribution in [3.63, 3.8) is 0 Å². The molecular weight excluding hydrogens is 1000 g/mol. The number of hydrogen-bond acceptors (Lipinski definition) is 12. The SMILES string of the molecule is CC[NH+](CC)CC.CC[NH+](CC)CC.O=P([O-])(OCC1c2ccccc2-c2ccccc21)O[C@H]1[C@H]2OC(c3ccccc3)OC[C@H]2O[C@@H](OCc2ccccc2)[C@@H]1OP(=O)([O-])OCC1c2ccccc2-c2ccccc21. The third-order valence-corrected chi connectivity index (χ3v) is 16.8. The maximum absolute atomic E-state index is 14.2. The van der Waals surface area contributed by atoms with Crippen LogP contribution in [0.2, 0.25) is 0 Å². The molecule has 14 nitrogen and oxygen atoms in total. The van der Waals surface area contributed by atoms with Crippen LogP contribution < -0.4 is 19.6 Å². The Morgan fingerprint density at radius 2 is 0.882 bits per heavy atom. The lowest BCUT2D eigenvalue weighted by atomic mass is 9.98. The molecule has 8 atom stereocenters. The standard InChI is InChI=1S/C48H44O12P2.2C6H15N/c49-61(50,55-28-41-37-23-11-7-19-33(37)34-20-8-12-24-38(34)41)59-45-44-43(30-54-47(58-44)32-17-5-2-6-18-32)57-48(53-27-31-15-3-1-4-16-31)46(45)60-62(51,52)56-29-42-39-25-13-9-21-35(39)36-22-10-14-26-40(36)42;2*1-4-7(5-2)6-3/h1-26,41-48H,27-30H2,(H,49,50)(H,51,52);2*4-6H2,1-3H3/t43-,44+,45+,46-,47?,48-;;/m1../s1. The molecule has 4 aliphatic rings. The van der Waals surface area contributed by atoms with E-state index in [-0.39, 0.29) is 26.4 Å². The minimum atomic E-state index is -5.31. The van der Waals surface area contributed by atoms with Crippen LogP contribution in [0.15, 0.2) is 158 Å². The summed E-state index contributed by atoms with van der Waals surface area (Å²) >= 11 is 0. The Bertz CT molecular complexity index is 2740. The smallest absolute Gasteiger partial charge is 0.268 e. The van der Waals surface area contributed by atoms with Crippen LogP contribution in [0, 0.1) is 0 Å². The molecule has 2 heterocycles. The van der Waals surface area contributed by atoms with Crippen LogP contribution in [-0.4, -0.2) is 89.8 Å². The molecule has 0 bridgehead atoms. The van der Waals surface area contributed by atoms with Gasteiger partial charge >= 0.3 is 0 Å². The summed E-state index contributed by atoms with van der Waals surface area (Å²) in [5, 5.41) is 0. The molecule has 2 saturated heterocycles. The van der Waals surface area contributed by atoms with E-state index in [4.69, 9.17) is 37.0 Å². The quantitative estimate of drug-likeness (QED) is 0.0705. The lowest BCUT2D eigenvalue weighted by molar-refractivity contribution is -0.894. The molecular formula is C60H74N2O12P2. The van der Waals surface area contributed by atoms with Gasteiger partial charge in [-0.05, 0) is 91.6 Å². The van der Waals surface area contributed by atoms with Gasteiger partial charge < -0.3 is 56.6 Å². The van der Waals surface area contributed by atoms with E-state index in [9.17, 15) is 18.9 Å². The topological polar surface area (TPSA) is 163 Å². The molecule has 3 unspecified atom stereocenters. The number of phosphoric ester groups is 2. The highest BCUT2D eigenvalue weighted by Crippen LogP contribution is 2.54. The minimum Gasteiger partial charge on any atom is -0.756 e. The summed E-state index contributed by atoms with van der Waals surface area (Å²) < 4.78 is 76.8. The first-order valence-electron chi connectivity index (χ1n) is 26.9. The van der Waals surface area contributed by atoms with Crippen molar-refractivity contribution in [1.29, 1.82) is 0 Å². The molecule has 2 aliphatic heterocycles. The second-order valence-electron chi connectivity index (χ2n) is 19.2. The summed E-state index contributed by atoms with van der Waals surface area (Å²) in [7, 11) is -10.6. The van der Waals surface area contributed by atoms with Gasteiger partial charge in [-0.1, -0.05) is 158 Å². The summed E-state index contributed by atoms with van der Waals surface area (Å²) in [6, 6.07) is 49.2. The number of phosphoric acid groups is 2. The highest BCUT2D eigenvalue weighted by molar-refractivity contribution is 7.46. The van der Waals surface area contributed by atoms with E-state index in [0.717, 1.165) is 50.1 Å². The van der Waals surface area contributed by atoms with Gasteiger partial charge in [0.05, 0.1) is 65.7 Å². The van der Waals surface area contributed by atoms with Crippen LogP contribution in [0.3, 0.4) is 0 Å². The zero-order valence-corrected chi connectivity index (χ0v) is 46.3. The maximum atomic E-state index is 14.2. The molecule has 6 aromatic carbocycles. The lowest BCUT2D eigenvalue weighted by Gasteiger charge is -2.50. The van der Waals surface area contributed by atoms with Gasteiger partial charge in [-0.2, -0.15) is 0 Å². The maximum Gasteiger partial charge on any atom is 0.268 e. The Morgan fingerprint density at radius 1 is 0.500 bits per heavy atom. The highest BCUT2D eigenvalue weighted by atomic mass is 31.2. The molecule has 0 spiro atoms. The van der Waals surface area contributed by atoms with Gasteiger partial charge in [0.25, 0.3) is 15.6 Å². The van der Waals surface area contributed by atoms with E-state index in [0.29, 0.717) is 5.56 Å². The van der Waals surface area contributed by atoms with E-state index >= 15 is 0 Å².